The van der Waals surface area contributed by atoms with Crippen LogP contribution in [0.5, 0.6) is 0 Å². The number of aromatic amines is 1. The fourth-order valence-electron chi connectivity index (χ4n) is 3.36. The van der Waals surface area contributed by atoms with Crippen LogP contribution in [0.1, 0.15) is 27.2 Å². The molecule has 1 heterocycles. The van der Waals surface area contributed by atoms with Crippen molar-refractivity contribution in [1.29, 1.82) is 0 Å². The van der Waals surface area contributed by atoms with Crippen LogP contribution >= 0.6 is 0 Å². The van der Waals surface area contributed by atoms with Gasteiger partial charge in [0.05, 0.1) is 0 Å². The number of H-pyrrole nitrogens is 1. The van der Waals surface area contributed by atoms with Crippen LogP contribution < -0.4 is 0 Å². The van der Waals surface area contributed by atoms with E-state index in [1.807, 2.05) is 72.8 Å². The largest absolute Gasteiger partial charge is 0.358 e. The smallest absolute Gasteiger partial charge is 0.186 e. The minimum absolute atomic E-state index is 0.00846. The maximum atomic E-state index is 12.9. The topological polar surface area (TPSA) is 32.9 Å². The molecule has 3 aromatic carbocycles. The van der Waals surface area contributed by atoms with Crippen molar-refractivity contribution in [3.05, 3.63) is 113 Å². The molecule has 0 amide bonds. The molecule has 0 atom stereocenters. The van der Waals surface area contributed by atoms with Crippen molar-refractivity contribution in [1.82, 2.24) is 4.98 Å². The Morgan fingerprint density at radius 2 is 1.35 bits per heavy atom. The lowest BCUT2D eigenvalue weighted by atomic mass is 9.93. The summed E-state index contributed by atoms with van der Waals surface area (Å²) in [6.07, 6.45) is 1.76. The van der Waals surface area contributed by atoms with E-state index in [4.69, 9.17) is 0 Å². The standard InChI is InChI=1S/C24H19NO/c1-17-24(20-14-8-9-15-22(20)25-17)21(18-10-4-2-5-11-18)16-23(26)19-12-6-3-7-13-19/h2-16,25H,1H3/b21-16+. The number of aromatic nitrogens is 1. The molecule has 126 valence electrons. The first-order valence-electron chi connectivity index (χ1n) is 8.68. The molecule has 26 heavy (non-hydrogen) atoms. The lowest BCUT2D eigenvalue weighted by Gasteiger charge is -2.09. The summed E-state index contributed by atoms with van der Waals surface area (Å²) in [5.41, 5.74) is 5.88. The number of rotatable bonds is 4. The number of hydrogen-bond acceptors (Lipinski definition) is 1. The zero-order chi connectivity index (χ0) is 17.9. The summed E-state index contributed by atoms with van der Waals surface area (Å²) in [6, 6.07) is 27.7. The normalized spacial score (nSPS) is 11.7. The average molecular weight is 337 g/mol. The molecule has 2 nitrogen and oxygen atoms in total. The van der Waals surface area contributed by atoms with Gasteiger partial charge in [0.1, 0.15) is 0 Å². The summed E-state index contributed by atoms with van der Waals surface area (Å²) in [7, 11) is 0. The summed E-state index contributed by atoms with van der Waals surface area (Å²) in [4.78, 5) is 16.3. The highest BCUT2D eigenvalue weighted by molar-refractivity contribution is 6.12. The van der Waals surface area contributed by atoms with Gasteiger partial charge in [0.15, 0.2) is 5.78 Å². The van der Waals surface area contributed by atoms with E-state index in [0.29, 0.717) is 5.56 Å². The highest BCUT2D eigenvalue weighted by atomic mass is 16.1. The van der Waals surface area contributed by atoms with Crippen LogP contribution in [-0.4, -0.2) is 10.8 Å². The van der Waals surface area contributed by atoms with Crippen LogP contribution in [0.25, 0.3) is 16.5 Å². The van der Waals surface area contributed by atoms with Crippen LogP contribution in [0.4, 0.5) is 0 Å². The highest BCUT2D eigenvalue weighted by Crippen LogP contribution is 2.33. The zero-order valence-corrected chi connectivity index (χ0v) is 14.6. The second kappa shape index (κ2) is 6.85. The van der Waals surface area contributed by atoms with E-state index in [2.05, 4.69) is 24.0 Å². The molecular formula is C24H19NO. The number of hydrogen-bond donors (Lipinski definition) is 1. The quantitative estimate of drug-likeness (QED) is 0.371. The first-order valence-corrected chi connectivity index (χ1v) is 8.68. The van der Waals surface area contributed by atoms with Crippen molar-refractivity contribution in [2.45, 2.75) is 6.92 Å². The van der Waals surface area contributed by atoms with Gasteiger partial charge in [0.2, 0.25) is 0 Å². The molecule has 0 spiro atoms. The maximum Gasteiger partial charge on any atom is 0.186 e. The number of para-hydroxylation sites is 1. The molecule has 1 N–H and O–H groups in total. The molecule has 0 aliphatic carbocycles. The molecule has 0 fully saturated rings. The number of ketones is 1. The Hall–Kier alpha value is -3.39. The van der Waals surface area contributed by atoms with Crippen molar-refractivity contribution in [2.75, 3.05) is 0 Å². The molecule has 0 radical (unpaired) electrons. The Bertz CT molecular complexity index is 1090. The van der Waals surface area contributed by atoms with E-state index in [-0.39, 0.29) is 5.78 Å². The predicted molar refractivity (Wildman–Crippen MR) is 107 cm³/mol. The van der Waals surface area contributed by atoms with Gasteiger partial charge < -0.3 is 4.98 Å². The van der Waals surface area contributed by atoms with Gasteiger partial charge in [-0.1, -0.05) is 78.9 Å². The molecule has 0 aliphatic heterocycles. The van der Waals surface area contributed by atoms with Crippen molar-refractivity contribution in [3.8, 4) is 0 Å². The van der Waals surface area contributed by atoms with Gasteiger partial charge in [-0.15, -0.1) is 0 Å². The van der Waals surface area contributed by atoms with Crippen LogP contribution in [-0.2, 0) is 0 Å². The van der Waals surface area contributed by atoms with E-state index in [1.54, 1.807) is 6.08 Å². The minimum Gasteiger partial charge on any atom is -0.358 e. The molecule has 4 rings (SSSR count). The SMILES string of the molecule is Cc1[nH]c2ccccc2c1/C(=C/C(=O)c1ccccc1)c1ccccc1. The molecule has 0 saturated heterocycles. The second-order valence-electron chi connectivity index (χ2n) is 6.32. The Kier molecular flexibility index (Phi) is 4.24. The van der Waals surface area contributed by atoms with E-state index in [0.717, 1.165) is 33.3 Å². The molecule has 2 heteroatoms. The molecule has 1 aromatic heterocycles. The number of aryl methyl sites for hydroxylation is 1. The van der Waals surface area contributed by atoms with E-state index in [9.17, 15) is 4.79 Å². The summed E-state index contributed by atoms with van der Waals surface area (Å²) in [5.74, 6) is 0.00846. The fourth-order valence-corrected chi connectivity index (χ4v) is 3.36. The lowest BCUT2D eigenvalue weighted by Crippen LogP contribution is -1.98. The van der Waals surface area contributed by atoms with E-state index >= 15 is 0 Å². The molecular weight excluding hydrogens is 318 g/mol. The van der Waals surface area contributed by atoms with Gasteiger partial charge >= 0.3 is 0 Å². The molecule has 0 unspecified atom stereocenters. The molecule has 4 aromatic rings. The third-order valence-electron chi connectivity index (χ3n) is 4.58. The number of fused-ring (bicyclic) bond motifs is 1. The first kappa shape index (κ1) is 16.1. The van der Waals surface area contributed by atoms with E-state index in [1.165, 1.54) is 0 Å². The average Bonchev–Trinajstić information content (AvgIpc) is 3.03. The van der Waals surface area contributed by atoms with Crippen LogP contribution in [0.2, 0.25) is 0 Å². The second-order valence-corrected chi connectivity index (χ2v) is 6.32. The summed E-state index contributed by atoms with van der Waals surface area (Å²) in [6.45, 7) is 2.05. The Morgan fingerprint density at radius 1 is 0.769 bits per heavy atom. The Balaban J connectivity index is 1.93. The monoisotopic (exact) mass is 337 g/mol. The molecule has 0 aliphatic rings. The lowest BCUT2D eigenvalue weighted by molar-refractivity contribution is 0.104. The third kappa shape index (κ3) is 2.98. The van der Waals surface area contributed by atoms with Gasteiger partial charge in [-0.2, -0.15) is 0 Å². The summed E-state index contributed by atoms with van der Waals surface area (Å²) >= 11 is 0. The van der Waals surface area contributed by atoms with Crippen LogP contribution in [0.15, 0.2) is 91.0 Å². The minimum atomic E-state index is 0.00846. The van der Waals surface area contributed by atoms with Crippen molar-refractivity contribution < 1.29 is 4.79 Å². The number of carbonyl (C=O) groups excluding carboxylic acids is 1. The van der Waals surface area contributed by atoms with Gasteiger partial charge in [-0.25, -0.2) is 0 Å². The van der Waals surface area contributed by atoms with Gasteiger partial charge in [0.25, 0.3) is 0 Å². The number of carbonyl (C=O) groups is 1. The number of allylic oxidation sites excluding steroid dienone is 1. The van der Waals surface area contributed by atoms with Crippen molar-refractivity contribution in [2.24, 2.45) is 0 Å². The van der Waals surface area contributed by atoms with Gasteiger partial charge in [-0.05, 0) is 30.2 Å². The van der Waals surface area contributed by atoms with E-state index < -0.39 is 0 Å². The molecule has 0 saturated carbocycles. The fraction of sp³-hybridized carbons (Fsp3) is 0.0417. The summed E-state index contributed by atoms with van der Waals surface area (Å²) in [5, 5.41) is 1.13. The van der Waals surface area contributed by atoms with Crippen LogP contribution in [0.3, 0.4) is 0 Å². The first-order chi connectivity index (χ1) is 12.7. The van der Waals surface area contributed by atoms with Crippen LogP contribution in [0, 0.1) is 6.92 Å². The number of benzene rings is 3. The third-order valence-corrected chi connectivity index (χ3v) is 4.58. The highest BCUT2D eigenvalue weighted by Gasteiger charge is 2.16. The number of nitrogens with one attached hydrogen (secondary N) is 1. The Morgan fingerprint density at radius 3 is 2.04 bits per heavy atom. The van der Waals surface area contributed by atoms with Crippen molar-refractivity contribution in [3.63, 3.8) is 0 Å². The molecule has 0 bridgehead atoms. The zero-order valence-electron chi connectivity index (χ0n) is 14.6. The predicted octanol–water partition coefficient (Wildman–Crippen LogP) is 5.79. The van der Waals surface area contributed by atoms with Gasteiger partial charge in [0, 0.05) is 27.7 Å². The Labute approximate surface area is 152 Å². The maximum absolute atomic E-state index is 12.9. The van der Waals surface area contributed by atoms with Crippen molar-refractivity contribution >= 4 is 22.3 Å². The summed E-state index contributed by atoms with van der Waals surface area (Å²) < 4.78 is 0. The van der Waals surface area contributed by atoms with Gasteiger partial charge in [-0.3, -0.25) is 4.79 Å².